The number of hydrogen-bond acceptors (Lipinski definition) is 4. The smallest absolute Gasteiger partial charge is 0.324 e. The van der Waals surface area contributed by atoms with Crippen LogP contribution in [0.2, 0.25) is 0 Å². The van der Waals surface area contributed by atoms with Gasteiger partial charge in [-0.15, -0.1) is 0 Å². The highest BCUT2D eigenvalue weighted by molar-refractivity contribution is 5.93. The molecular weight excluding hydrogens is 304 g/mol. The maximum absolute atomic E-state index is 12.1. The number of urea groups is 1. The van der Waals surface area contributed by atoms with Crippen LogP contribution in [0.1, 0.15) is 25.3 Å². The van der Waals surface area contributed by atoms with Crippen LogP contribution in [0, 0.1) is 0 Å². The molecule has 0 saturated carbocycles. The highest BCUT2D eigenvalue weighted by Gasteiger charge is 2.33. The van der Waals surface area contributed by atoms with Crippen LogP contribution in [0.4, 0.5) is 10.5 Å². The van der Waals surface area contributed by atoms with Gasteiger partial charge in [-0.1, -0.05) is 6.42 Å². The summed E-state index contributed by atoms with van der Waals surface area (Å²) in [5.41, 5.74) is 0.926. The Bertz CT molecular complexity index is 596. The molecule has 2 amide bonds. The molecule has 0 radical (unpaired) electrons. The van der Waals surface area contributed by atoms with Gasteiger partial charge < -0.3 is 9.80 Å². The number of hydrogen-bond donors (Lipinski definition) is 0. The summed E-state index contributed by atoms with van der Waals surface area (Å²) in [6.45, 7) is 6.10. The summed E-state index contributed by atoms with van der Waals surface area (Å²) in [6, 6.07) is 1.24. The second-order valence-corrected chi connectivity index (χ2v) is 7.54. The number of aromatic nitrogens is 2. The summed E-state index contributed by atoms with van der Waals surface area (Å²) in [5.74, 6) is 0. The van der Waals surface area contributed by atoms with Gasteiger partial charge in [0.2, 0.25) is 0 Å². The third kappa shape index (κ3) is 2.91. The Morgan fingerprint density at radius 3 is 2.71 bits per heavy atom. The van der Waals surface area contributed by atoms with Gasteiger partial charge in [-0.2, -0.15) is 5.10 Å². The van der Waals surface area contributed by atoms with Crippen LogP contribution in [-0.4, -0.2) is 89.9 Å². The molecule has 132 valence electrons. The average Bonchev–Trinajstić information content (AvgIpc) is 3.12. The van der Waals surface area contributed by atoms with Crippen molar-refractivity contribution < 1.29 is 4.79 Å². The van der Waals surface area contributed by atoms with Crippen molar-refractivity contribution in [2.24, 2.45) is 0 Å². The number of likely N-dealkylation sites (tertiary alicyclic amines) is 2. The highest BCUT2D eigenvalue weighted by Crippen LogP contribution is 2.26. The molecule has 0 N–H and O–H groups in total. The van der Waals surface area contributed by atoms with Crippen LogP contribution in [0.25, 0.3) is 0 Å². The van der Waals surface area contributed by atoms with E-state index in [2.05, 4.69) is 21.9 Å². The Kier molecular flexibility index (Phi) is 4.22. The molecule has 4 heterocycles. The van der Waals surface area contributed by atoms with E-state index in [0.717, 1.165) is 31.9 Å². The molecule has 0 spiro atoms. The van der Waals surface area contributed by atoms with Crippen molar-refractivity contribution in [2.75, 3.05) is 58.3 Å². The SMILES string of the molecule is CN1CCN(c2cnn(C3CN(CC4CCCCN4C)C3)c2)C1=O. The standard InChI is InChI=1S/C17H28N6O/c1-19-6-4-3-5-14(19)10-21-11-16(12-21)23-13-15(9-18-23)22-8-7-20(2)17(22)24/h9,13-14,16H,3-8,10-12H2,1-2H3. The molecule has 3 aliphatic heterocycles. The number of likely N-dealkylation sites (N-methyl/N-ethyl adjacent to an activating group) is 2. The number of carbonyl (C=O) groups excluding carboxylic acids is 1. The van der Waals surface area contributed by atoms with E-state index < -0.39 is 0 Å². The number of rotatable bonds is 4. The first-order chi connectivity index (χ1) is 11.6. The van der Waals surface area contributed by atoms with Crippen LogP contribution in [0.5, 0.6) is 0 Å². The summed E-state index contributed by atoms with van der Waals surface area (Å²) in [4.78, 5) is 20.7. The lowest BCUT2D eigenvalue weighted by Crippen LogP contribution is -2.53. The molecule has 1 unspecified atom stereocenters. The van der Waals surface area contributed by atoms with Crippen LogP contribution in [-0.2, 0) is 0 Å². The summed E-state index contributed by atoms with van der Waals surface area (Å²) >= 11 is 0. The Labute approximate surface area is 143 Å². The van der Waals surface area contributed by atoms with Crippen LogP contribution < -0.4 is 4.90 Å². The molecule has 1 atom stereocenters. The fourth-order valence-electron chi connectivity index (χ4n) is 4.09. The molecule has 0 aliphatic carbocycles. The second kappa shape index (κ2) is 6.37. The molecular formula is C17H28N6O. The van der Waals surface area contributed by atoms with Crippen LogP contribution in [0.3, 0.4) is 0 Å². The predicted molar refractivity (Wildman–Crippen MR) is 93.3 cm³/mol. The quantitative estimate of drug-likeness (QED) is 0.828. The van der Waals surface area contributed by atoms with E-state index in [9.17, 15) is 4.79 Å². The summed E-state index contributed by atoms with van der Waals surface area (Å²) in [6.07, 6.45) is 7.90. The first kappa shape index (κ1) is 15.9. The largest absolute Gasteiger partial charge is 0.326 e. The Morgan fingerprint density at radius 1 is 1.17 bits per heavy atom. The number of nitrogens with zero attached hydrogens (tertiary/aromatic N) is 6. The van der Waals surface area contributed by atoms with Gasteiger partial charge in [0.25, 0.3) is 0 Å². The summed E-state index contributed by atoms with van der Waals surface area (Å²) in [5, 5.41) is 4.51. The minimum absolute atomic E-state index is 0.0742. The number of piperidine rings is 1. The molecule has 24 heavy (non-hydrogen) atoms. The molecule has 0 aromatic carbocycles. The minimum Gasteiger partial charge on any atom is -0.326 e. The maximum atomic E-state index is 12.1. The van der Waals surface area contributed by atoms with Crippen molar-refractivity contribution in [2.45, 2.75) is 31.3 Å². The van der Waals surface area contributed by atoms with E-state index in [1.807, 2.05) is 29.0 Å². The van der Waals surface area contributed by atoms with E-state index in [1.165, 1.54) is 32.4 Å². The van der Waals surface area contributed by atoms with Gasteiger partial charge in [0, 0.05) is 52.0 Å². The van der Waals surface area contributed by atoms with Gasteiger partial charge in [-0.05, 0) is 26.4 Å². The minimum atomic E-state index is 0.0742. The van der Waals surface area contributed by atoms with Gasteiger partial charge in [0.05, 0.1) is 17.9 Å². The van der Waals surface area contributed by atoms with Crippen molar-refractivity contribution in [1.29, 1.82) is 0 Å². The molecule has 1 aromatic heterocycles. The lowest BCUT2D eigenvalue weighted by molar-refractivity contribution is 0.0523. The third-order valence-corrected chi connectivity index (χ3v) is 5.82. The molecule has 7 heteroatoms. The van der Waals surface area contributed by atoms with Crippen LogP contribution >= 0.6 is 0 Å². The average molecular weight is 332 g/mol. The van der Waals surface area contributed by atoms with E-state index in [-0.39, 0.29) is 6.03 Å². The molecule has 3 saturated heterocycles. The van der Waals surface area contributed by atoms with Gasteiger partial charge in [-0.25, -0.2) is 4.79 Å². The van der Waals surface area contributed by atoms with Gasteiger partial charge >= 0.3 is 6.03 Å². The van der Waals surface area contributed by atoms with Crippen molar-refractivity contribution in [1.82, 2.24) is 24.5 Å². The third-order valence-electron chi connectivity index (χ3n) is 5.82. The highest BCUT2D eigenvalue weighted by atomic mass is 16.2. The zero-order valence-electron chi connectivity index (χ0n) is 14.8. The molecule has 7 nitrogen and oxygen atoms in total. The van der Waals surface area contributed by atoms with Crippen molar-refractivity contribution in [3.63, 3.8) is 0 Å². The first-order valence-electron chi connectivity index (χ1n) is 9.11. The van der Waals surface area contributed by atoms with E-state index in [4.69, 9.17) is 0 Å². The topological polar surface area (TPSA) is 47.9 Å². The van der Waals surface area contributed by atoms with Crippen LogP contribution in [0.15, 0.2) is 12.4 Å². The van der Waals surface area contributed by atoms with E-state index in [0.29, 0.717) is 12.1 Å². The van der Waals surface area contributed by atoms with Gasteiger partial charge in [-0.3, -0.25) is 14.5 Å². The van der Waals surface area contributed by atoms with Gasteiger partial charge in [0.1, 0.15) is 0 Å². The van der Waals surface area contributed by atoms with Gasteiger partial charge in [0.15, 0.2) is 0 Å². The fourth-order valence-corrected chi connectivity index (χ4v) is 4.09. The first-order valence-corrected chi connectivity index (χ1v) is 9.11. The molecule has 4 rings (SSSR count). The van der Waals surface area contributed by atoms with E-state index in [1.54, 1.807) is 4.90 Å². The lowest BCUT2D eigenvalue weighted by Gasteiger charge is -2.43. The Balaban J connectivity index is 1.30. The predicted octanol–water partition coefficient (Wildman–Crippen LogP) is 1.10. The molecule has 0 bridgehead atoms. The summed E-state index contributed by atoms with van der Waals surface area (Å²) < 4.78 is 2.04. The lowest BCUT2D eigenvalue weighted by atomic mass is 10.00. The number of carbonyl (C=O) groups is 1. The maximum Gasteiger partial charge on any atom is 0.324 e. The normalized spacial score (nSPS) is 27.1. The molecule has 3 fully saturated rings. The van der Waals surface area contributed by atoms with Crippen molar-refractivity contribution in [3.8, 4) is 0 Å². The zero-order chi connectivity index (χ0) is 16.7. The van der Waals surface area contributed by atoms with Crippen molar-refractivity contribution >= 4 is 11.7 Å². The Morgan fingerprint density at radius 2 is 2.00 bits per heavy atom. The second-order valence-electron chi connectivity index (χ2n) is 7.54. The molecule has 3 aliphatic rings. The number of amides is 2. The Hall–Kier alpha value is -1.60. The zero-order valence-corrected chi connectivity index (χ0v) is 14.8. The monoisotopic (exact) mass is 332 g/mol. The fraction of sp³-hybridized carbons (Fsp3) is 0.765. The van der Waals surface area contributed by atoms with E-state index >= 15 is 0 Å². The van der Waals surface area contributed by atoms with Crippen molar-refractivity contribution in [3.05, 3.63) is 12.4 Å². The summed E-state index contributed by atoms with van der Waals surface area (Å²) in [7, 11) is 4.10. The number of anilines is 1. The molecule has 1 aromatic rings.